The molecule has 1 saturated heterocycles. The van der Waals surface area contributed by atoms with E-state index in [0.29, 0.717) is 37.2 Å². The number of amides is 2. The van der Waals surface area contributed by atoms with Gasteiger partial charge in [-0.2, -0.15) is 0 Å². The summed E-state index contributed by atoms with van der Waals surface area (Å²) < 4.78 is 1.05. The predicted molar refractivity (Wildman–Crippen MR) is 126 cm³/mol. The summed E-state index contributed by atoms with van der Waals surface area (Å²) in [6, 6.07) is 15.5. The summed E-state index contributed by atoms with van der Waals surface area (Å²) in [4.78, 5) is 34.1. The van der Waals surface area contributed by atoms with Crippen LogP contribution in [0.3, 0.4) is 0 Å². The van der Waals surface area contributed by atoms with Gasteiger partial charge in [0.25, 0.3) is 5.91 Å². The average Bonchev–Trinajstić information content (AvgIpc) is 3.20. The smallest absolute Gasteiger partial charge is 0.253 e. The van der Waals surface area contributed by atoms with Crippen LogP contribution in [0.2, 0.25) is 0 Å². The van der Waals surface area contributed by atoms with Gasteiger partial charge in [-0.15, -0.1) is 0 Å². The summed E-state index contributed by atoms with van der Waals surface area (Å²) in [6.07, 6.45) is 0. The molecule has 1 aliphatic rings. The molecule has 0 spiro atoms. The van der Waals surface area contributed by atoms with Crippen molar-refractivity contribution in [1.82, 2.24) is 14.8 Å². The second-order valence-electron chi connectivity index (χ2n) is 8.26. The Hall–Kier alpha value is -2.77. The lowest BCUT2D eigenvalue weighted by molar-refractivity contribution is -0.121. The van der Waals surface area contributed by atoms with Crippen LogP contribution in [0.15, 0.2) is 48.5 Å². The molecule has 1 aromatic heterocycles. The minimum Gasteiger partial charge on any atom is -0.336 e. The first-order valence-electron chi connectivity index (χ1n) is 10.7. The Morgan fingerprint density at radius 3 is 2.29 bits per heavy atom. The second kappa shape index (κ2) is 9.16. The van der Waals surface area contributed by atoms with E-state index < -0.39 is 0 Å². The van der Waals surface area contributed by atoms with Crippen LogP contribution < -0.4 is 5.32 Å². The number of hydrogen-bond donors (Lipinski definition) is 1. The number of carbonyl (C=O) groups is 2. The molecule has 1 atom stereocenters. The quantitative estimate of drug-likeness (QED) is 0.651. The summed E-state index contributed by atoms with van der Waals surface area (Å²) in [7, 11) is 0. The van der Waals surface area contributed by atoms with Gasteiger partial charge in [-0.05, 0) is 42.7 Å². The second-order valence-corrected chi connectivity index (χ2v) is 9.29. The number of piperazine rings is 1. The van der Waals surface area contributed by atoms with Gasteiger partial charge in [0.2, 0.25) is 5.91 Å². The van der Waals surface area contributed by atoms with Gasteiger partial charge < -0.3 is 10.2 Å². The molecule has 0 radical (unpaired) electrons. The normalized spacial score (nSPS) is 15.9. The fraction of sp³-hybridized carbons (Fsp3) is 0.375. The first-order chi connectivity index (χ1) is 14.9. The first-order valence-corrected chi connectivity index (χ1v) is 11.5. The number of hydrogen-bond acceptors (Lipinski definition) is 5. The van der Waals surface area contributed by atoms with Crippen molar-refractivity contribution in [2.45, 2.75) is 32.7 Å². The number of nitrogens with zero attached hydrogens (tertiary/aromatic N) is 3. The van der Waals surface area contributed by atoms with Gasteiger partial charge in [-0.1, -0.05) is 49.4 Å². The van der Waals surface area contributed by atoms with Crippen molar-refractivity contribution in [2.24, 2.45) is 0 Å². The monoisotopic (exact) mass is 436 g/mol. The van der Waals surface area contributed by atoms with E-state index in [-0.39, 0.29) is 17.9 Å². The number of carbonyl (C=O) groups excluding carboxylic acids is 2. The van der Waals surface area contributed by atoms with Gasteiger partial charge in [0.05, 0.1) is 16.3 Å². The number of benzene rings is 2. The Morgan fingerprint density at radius 2 is 1.65 bits per heavy atom. The third-order valence-corrected chi connectivity index (χ3v) is 6.83. The highest BCUT2D eigenvalue weighted by Crippen LogP contribution is 2.25. The standard InChI is InChI=1S/C24H28N4O2S/c1-16(2)18-8-10-19(11-9-18)23(30)28-14-12-27(13-15-28)17(3)22(29)26-24-25-20-6-4-5-7-21(20)31-24/h4-11,16-17H,12-15H2,1-3H3,(H,25,26,29). The SMILES string of the molecule is CC(C)c1ccc(C(=O)N2CCN(C(C)C(=O)Nc3nc4ccccc4s3)CC2)cc1. The van der Waals surface area contributed by atoms with E-state index in [9.17, 15) is 9.59 Å². The van der Waals surface area contributed by atoms with E-state index >= 15 is 0 Å². The maximum absolute atomic E-state index is 12.8. The molecule has 0 saturated carbocycles. The topological polar surface area (TPSA) is 65.5 Å². The molecule has 0 bridgehead atoms. The summed E-state index contributed by atoms with van der Waals surface area (Å²) in [5, 5.41) is 3.57. The molecule has 1 unspecified atom stereocenters. The van der Waals surface area contributed by atoms with E-state index in [1.807, 2.05) is 60.4 Å². The van der Waals surface area contributed by atoms with Gasteiger partial charge in [0.1, 0.15) is 0 Å². The fourth-order valence-corrected chi connectivity index (χ4v) is 4.68. The average molecular weight is 437 g/mol. The van der Waals surface area contributed by atoms with E-state index in [1.54, 1.807) is 0 Å². The molecule has 1 N–H and O–H groups in total. The van der Waals surface area contributed by atoms with Crippen molar-refractivity contribution >= 4 is 38.5 Å². The molecule has 162 valence electrons. The van der Waals surface area contributed by atoms with Gasteiger partial charge in [-0.3, -0.25) is 14.5 Å². The van der Waals surface area contributed by atoms with Crippen LogP contribution in [0, 0.1) is 0 Å². The van der Waals surface area contributed by atoms with Crippen LogP contribution in [0.1, 0.15) is 42.6 Å². The van der Waals surface area contributed by atoms with E-state index in [4.69, 9.17) is 0 Å². The Kier molecular flexibility index (Phi) is 6.34. The molecule has 2 amide bonds. The van der Waals surface area contributed by atoms with Crippen LogP contribution in [0.4, 0.5) is 5.13 Å². The number of nitrogens with one attached hydrogen (secondary N) is 1. The van der Waals surface area contributed by atoms with Crippen molar-refractivity contribution < 1.29 is 9.59 Å². The van der Waals surface area contributed by atoms with Crippen molar-refractivity contribution in [3.63, 3.8) is 0 Å². The highest BCUT2D eigenvalue weighted by Gasteiger charge is 2.28. The Bertz CT molecular complexity index is 1040. The zero-order chi connectivity index (χ0) is 22.0. The Morgan fingerprint density at radius 1 is 0.968 bits per heavy atom. The van der Waals surface area contributed by atoms with Crippen LogP contribution in [-0.2, 0) is 4.79 Å². The predicted octanol–water partition coefficient (Wildman–Crippen LogP) is 4.20. The summed E-state index contributed by atoms with van der Waals surface area (Å²) >= 11 is 1.48. The number of rotatable bonds is 5. The minimum absolute atomic E-state index is 0.0570. The lowest BCUT2D eigenvalue weighted by atomic mass is 10.0. The van der Waals surface area contributed by atoms with Crippen LogP contribution in [0.5, 0.6) is 0 Å². The molecule has 1 aliphatic heterocycles. The van der Waals surface area contributed by atoms with Crippen molar-refractivity contribution in [1.29, 1.82) is 0 Å². The van der Waals surface area contributed by atoms with Crippen LogP contribution in [-0.4, -0.2) is 58.8 Å². The molecular weight excluding hydrogens is 408 g/mol. The largest absolute Gasteiger partial charge is 0.336 e. The molecular formula is C24H28N4O2S. The van der Waals surface area contributed by atoms with E-state index in [0.717, 1.165) is 15.8 Å². The molecule has 3 aromatic rings. The van der Waals surface area contributed by atoms with Gasteiger partial charge in [0.15, 0.2) is 5.13 Å². The number of fused-ring (bicyclic) bond motifs is 1. The zero-order valence-electron chi connectivity index (χ0n) is 18.2. The molecule has 4 rings (SSSR count). The highest BCUT2D eigenvalue weighted by molar-refractivity contribution is 7.22. The number of thiazole rings is 1. The molecule has 1 fully saturated rings. The van der Waals surface area contributed by atoms with E-state index in [1.165, 1.54) is 16.9 Å². The molecule has 31 heavy (non-hydrogen) atoms. The molecule has 6 nitrogen and oxygen atoms in total. The zero-order valence-corrected chi connectivity index (χ0v) is 19.0. The van der Waals surface area contributed by atoms with Crippen LogP contribution in [0.25, 0.3) is 10.2 Å². The van der Waals surface area contributed by atoms with E-state index in [2.05, 4.69) is 29.0 Å². The van der Waals surface area contributed by atoms with Gasteiger partial charge >= 0.3 is 0 Å². The lowest BCUT2D eigenvalue weighted by Gasteiger charge is -2.37. The van der Waals surface area contributed by atoms with Crippen molar-refractivity contribution in [2.75, 3.05) is 31.5 Å². The maximum atomic E-state index is 12.8. The Labute approximate surface area is 186 Å². The van der Waals surface area contributed by atoms with Crippen LogP contribution >= 0.6 is 11.3 Å². The molecule has 7 heteroatoms. The summed E-state index contributed by atoms with van der Waals surface area (Å²) in [6.45, 7) is 8.76. The van der Waals surface area contributed by atoms with Crippen molar-refractivity contribution in [3.8, 4) is 0 Å². The summed E-state index contributed by atoms with van der Waals surface area (Å²) in [5.41, 5.74) is 2.85. The molecule has 2 heterocycles. The maximum Gasteiger partial charge on any atom is 0.253 e. The van der Waals surface area contributed by atoms with Gasteiger partial charge in [0, 0.05) is 31.7 Å². The third kappa shape index (κ3) is 4.78. The molecule has 0 aliphatic carbocycles. The van der Waals surface area contributed by atoms with Crippen molar-refractivity contribution in [3.05, 3.63) is 59.7 Å². The minimum atomic E-state index is -0.283. The number of anilines is 1. The lowest BCUT2D eigenvalue weighted by Crippen LogP contribution is -2.54. The fourth-order valence-electron chi connectivity index (χ4n) is 3.81. The Balaban J connectivity index is 1.32. The highest BCUT2D eigenvalue weighted by atomic mass is 32.1. The van der Waals surface area contributed by atoms with Gasteiger partial charge in [-0.25, -0.2) is 4.98 Å². The molecule has 2 aromatic carbocycles. The first kappa shape index (κ1) is 21.5. The number of aromatic nitrogens is 1. The number of para-hydroxylation sites is 1. The third-order valence-electron chi connectivity index (χ3n) is 5.88. The summed E-state index contributed by atoms with van der Waals surface area (Å²) in [5.74, 6) is 0.438.